The van der Waals surface area contributed by atoms with Crippen LogP contribution in [0, 0.1) is 12.8 Å². The van der Waals surface area contributed by atoms with E-state index in [0.717, 1.165) is 49.1 Å². The first kappa shape index (κ1) is 16.2. The number of benzene rings is 1. The number of carbonyl (C=O) groups excluding carboxylic acids is 1. The highest BCUT2D eigenvalue weighted by atomic mass is 16.1. The second-order valence-corrected chi connectivity index (χ2v) is 6.25. The predicted octanol–water partition coefficient (Wildman–Crippen LogP) is 2.62. The first-order chi connectivity index (χ1) is 11.6. The van der Waals surface area contributed by atoms with Gasteiger partial charge in [0.1, 0.15) is 17.5 Å². The molecule has 1 aromatic heterocycles. The molecule has 0 aliphatic carbocycles. The normalized spacial score (nSPS) is 15.3. The van der Waals surface area contributed by atoms with Crippen molar-refractivity contribution in [2.75, 3.05) is 23.3 Å². The van der Waals surface area contributed by atoms with Crippen LogP contribution >= 0.6 is 0 Å². The van der Waals surface area contributed by atoms with Crippen molar-refractivity contribution in [3.8, 4) is 0 Å². The van der Waals surface area contributed by atoms with Crippen molar-refractivity contribution in [2.45, 2.75) is 26.2 Å². The monoisotopic (exact) mass is 325 g/mol. The van der Waals surface area contributed by atoms with Gasteiger partial charge in [-0.15, -0.1) is 0 Å². The Hall–Kier alpha value is -2.63. The Balaban J connectivity index is 1.69. The Morgan fingerprint density at radius 1 is 1.25 bits per heavy atom. The van der Waals surface area contributed by atoms with Gasteiger partial charge in [0.15, 0.2) is 0 Å². The summed E-state index contributed by atoms with van der Waals surface area (Å²) < 4.78 is 0. The molecule has 1 aliphatic heterocycles. The molecule has 2 heterocycles. The summed E-state index contributed by atoms with van der Waals surface area (Å²) in [5.41, 5.74) is 6.30. The summed E-state index contributed by atoms with van der Waals surface area (Å²) in [4.78, 5) is 22.4. The molecule has 2 aromatic rings. The number of hydrogen-bond donors (Lipinski definition) is 2. The lowest BCUT2D eigenvalue weighted by atomic mass is 9.93. The molecule has 1 fully saturated rings. The van der Waals surface area contributed by atoms with Crippen LogP contribution in [0.3, 0.4) is 0 Å². The van der Waals surface area contributed by atoms with Gasteiger partial charge in [-0.1, -0.05) is 18.2 Å². The number of piperidine rings is 1. The minimum absolute atomic E-state index is 0.208. The largest absolute Gasteiger partial charge is 0.370 e. The van der Waals surface area contributed by atoms with Crippen LogP contribution in [0.5, 0.6) is 0 Å². The fourth-order valence-corrected chi connectivity index (χ4v) is 3.10. The molecule has 3 N–H and O–H groups in total. The van der Waals surface area contributed by atoms with E-state index in [9.17, 15) is 4.79 Å². The predicted molar refractivity (Wildman–Crippen MR) is 95.2 cm³/mol. The minimum atomic E-state index is -0.208. The second kappa shape index (κ2) is 7.29. The van der Waals surface area contributed by atoms with Gasteiger partial charge < -0.3 is 16.0 Å². The lowest BCUT2D eigenvalue weighted by molar-refractivity contribution is -0.119. The summed E-state index contributed by atoms with van der Waals surface area (Å²) in [5, 5.41) is 3.32. The van der Waals surface area contributed by atoms with Crippen molar-refractivity contribution in [2.24, 2.45) is 11.7 Å². The Labute approximate surface area is 142 Å². The van der Waals surface area contributed by atoms with E-state index in [4.69, 9.17) is 5.73 Å². The molecule has 6 heteroatoms. The molecule has 0 spiro atoms. The molecule has 24 heavy (non-hydrogen) atoms. The standard InChI is InChI=1S/C18H23N5O/c1-13-20-17(22-15-5-3-2-4-6-15)12-18(21-13)23-9-7-14(8-10-23)11-16(19)24/h2-6,12,14H,7-11H2,1H3,(H2,19,24)(H,20,21,22). The van der Waals surface area contributed by atoms with Gasteiger partial charge >= 0.3 is 0 Å². The van der Waals surface area contributed by atoms with Crippen LogP contribution in [0.15, 0.2) is 36.4 Å². The first-order valence-electron chi connectivity index (χ1n) is 8.31. The number of aryl methyl sites for hydroxylation is 1. The highest BCUT2D eigenvalue weighted by Gasteiger charge is 2.22. The lowest BCUT2D eigenvalue weighted by Crippen LogP contribution is -2.35. The van der Waals surface area contributed by atoms with Gasteiger partial charge in [0.05, 0.1) is 0 Å². The molecule has 1 aromatic carbocycles. The minimum Gasteiger partial charge on any atom is -0.370 e. The summed E-state index contributed by atoms with van der Waals surface area (Å²) in [6.45, 7) is 3.68. The smallest absolute Gasteiger partial charge is 0.217 e. The summed E-state index contributed by atoms with van der Waals surface area (Å²) in [7, 11) is 0. The number of rotatable bonds is 5. The van der Waals surface area contributed by atoms with Crippen LogP contribution in [0.25, 0.3) is 0 Å². The van der Waals surface area contributed by atoms with Gasteiger partial charge in [0, 0.05) is 31.3 Å². The van der Waals surface area contributed by atoms with Crippen LogP contribution in [0.1, 0.15) is 25.1 Å². The zero-order valence-corrected chi connectivity index (χ0v) is 13.9. The first-order valence-corrected chi connectivity index (χ1v) is 8.31. The van der Waals surface area contributed by atoms with E-state index in [1.807, 2.05) is 43.3 Å². The number of anilines is 3. The number of amides is 1. The van der Waals surface area contributed by atoms with Crippen LogP contribution in [0.2, 0.25) is 0 Å². The zero-order chi connectivity index (χ0) is 16.9. The molecule has 0 bridgehead atoms. The fourth-order valence-electron chi connectivity index (χ4n) is 3.10. The van der Waals surface area contributed by atoms with Crippen molar-refractivity contribution < 1.29 is 4.79 Å². The highest BCUT2D eigenvalue weighted by molar-refractivity contribution is 5.74. The van der Waals surface area contributed by atoms with E-state index < -0.39 is 0 Å². The van der Waals surface area contributed by atoms with Crippen LogP contribution in [-0.2, 0) is 4.79 Å². The third-order valence-electron chi connectivity index (χ3n) is 4.30. The summed E-state index contributed by atoms with van der Waals surface area (Å²) in [6, 6.07) is 12.0. The maximum Gasteiger partial charge on any atom is 0.217 e. The molecule has 0 saturated carbocycles. The molecule has 1 amide bonds. The quantitative estimate of drug-likeness (QED) is 0.883. The number of nitrogens with one attached hydrogen (secondary N) is 1. The Morgan fingerprint density at radius 2 is 1.96 bits per heavy atom. The molecular formula is C18H23N5O. The number of nitrogens with two attached hydrogens (primary N) is 1. The van der Waals surface area contributed by atoms with Crippen LogP contribution in [0.4, 0.5) is 17.3 Å². The third-order valence-corrected chi connectivity index (χ3v) is 4.30. The van der Waals surface area contributed by atoms with E-state index >= 15 is 0 Å². The maximum absolute atomic E-state index is 11.1. The molecule has 1 aliphatic rings. The molecule has 6 nitrogen and oxygen atoms in total. The van der Waals surface area contributed by atoms with Crippen molar-refractivity contribution in [1.82, 2.24) is 9.97 Å². The SMILES string of the molecule is Cc1nc(Nc2ccccc2)cc(N2CCC(CC(N)=O)CC2)n1. The number of para-hydroxylation sites is 1. The molecule has 0 unspecified atom stereocenters. The molecular weight excluding hydrogens is 302 g/mol. The average molecular weight is 325 g/mol. The summed E-state index contributed by atoms with van der Waals surface area (Å²) in [5.74, 6) is 2.65. The summed E-state index contributed by atoms with van der Waals surface area (Å²) >= 11 is 0. The van der Waals surface area contributed by atoms with Crippen LogP contribution in [-0.4, -0.2) is 29.0 Å². The van der Waals surface area contributed by atoms with Gasteiger partial charge in [-0.25, -0.2) is 9.97 Å². The van der Waals surface area contributed by atoms with Crippen molar-refractivity contribution in [3.05, 3.63) is 42.2 Å². The second-order valence-electron chi connectivity index (χ2n) is 6.25. The third kappa shape index (κ3) is 4.22. The van der Waals surface area contributed by atoms with Crippen LogP contribution < -0.4 is 16.0 Å². The number of primary amides is 1. The van der Waals surface area contributed by atoms with Crippen molar-refractivity contribution in [3.63, 3.8) is 0 Å². The Kier molecular flexibility index (Phi) is 4.93. The van der Waals surface area contributed by atoms with Gasteiger partial charge in [-0.3, -0.25) is 4.79 Å². The average Bonchev–Trinajstić information content (AvgIpc) is 2.55. The molecule has 126 valence electrons. The molecule has 0 atom stereocenters. The fraction of sp³-hybridized carbons (Fsp3) is 0.389. The maximum atomic E-state index is 11.1. The van der Waals surface area contributed by atoms with Gasteiger partial charge in [0.2, 0.25) is 5.91 Å². The molecule has 1 saturated heterocycles. The van der Waals surface area contributed by atoms with E-state index in [-0.39, 0.29) is 5.91 Å². The molecule has 3 rings (SSSR count). The topological polar surface area (TPSA) is 84.1 Å². The van der Waals surface area contributed by atoms with Crippen molar-refractivity contribution >= 4 is 23.2 Å². The van der Waals surface area contributed by atoms with E-state index in [2.05, 4.69) is 20.2 Å². The Bertz CT molecular complexity index is 696. The molecule has 0 radical (unpaired) electrons. The van der Waals surface area contributed by atoms with E-state index in [0.29, 0.717) is 12.3 Å². The highest BCUT2D eigenvalue weighted by Crippen LogP contribution is 2.26. The van der Waals surface area contributed by atoms with Gasteiger partial charge in [0.25, 0.3) is 0 Å². The number of hydrogen-bond acceptors (Lipinski definition) is 5. The Morgan fingerprint density at radius 3 is 2.62 bits per heavy atom. The summed E-state index contributed by atoms with van der Waals surface area (Å²) in [6.07, 6.45) is 2.42. The lowest BCUT2D eigenvalue weighted by Gasteiger charge is -2.32. The number of carbonyl (C=O) groups is 1. The van der Waals surface area contributed by atoms with E-state index in [1.165, 1.54) is 0 Å². The zero-order valence-electron chi connectivity index (χ0n) is 13.9. The van der Waals surface area contributed by atoms with E-state index in [1.54, 1.807) is 0 Å². The van der Waals surface area contributed by atoms with Gasteiger partial charge in [-0.2, -0.15) is 0 Å². The number of nitrogens with zero attached hydrogens (tertiary/aromatic N) is 3. The number of aromatic nitrogens is 2. The van der Waals surface area contributed by atoms with Crippen molar-refractivity contribution in [1.29, 1.82) is 0 Å². The van der Waals surface area contributed by atoms with Gasteiger partial charge in [-0.05, 0) is 37.8 Å².